The van der Waals surface area contributed by atoms with E-state index in [1.54, 1.807) is 0 Å². The van der Waals surface area contributed by atoms with Gasteiger partial charge in [-0.15, -0.1) is 0 Å². The van der Waals surface area contributed by atoms with Crippen LogP contribution in [0.15, 0.2) is 235 Å². The Morgan fingerprint density at radius 3 is 1.61 bits per heavy atom. The first-order valence-electron chi connectivity index (χ1n) is 21.8. The first-order chi connectivity index (χ1) is 31.6. The quantitative estimate of drug-likeness (QED) is 0.137. The molecule has 9 aromatic carbocycles. The van der Waals surface area contributed by atoms with Crippen molar-refractivity contribution in [3.05, 3.63) is 242 Å². The number of hydrogen-bond donors (Lipinski definition) is 0. The predicted octanol–water partition coefficient (Wildman–Crippen LogP) is 17.3. The van der Waals surface area contributed by atoms with Crippen molar-refractivity contribution < 1.29 is 4.42 Å². The van der Waals surface area contributed by atoms with Gasteiger partial charge < -0.3 is 13.9 Å². The average Bonchev–Trinajstić information content (AvgIpc) is 3.90. The van der Waals surface area contributed by atoms with E-state index < -0.39 is 0 Å². The molecule has 0 aliphatic heterocycles. The molecule has 0 N–H and O–H groups in total. The highest BCUT2D eigenvalue weighted by Gasteiger charge is 2.18. The fourth-order valence-electron chi connectivity index (χ4n) is 9.21. The lowest BCUT2D eigenvalue weighted by atomic mass is 10.00. The zero-order valence-corrected chi connectivity index (χ0v) is 35.5. The fraction of sp³-hybridized carbons (Fsp3) is 0.0164. The number of fused-ring (bicyclic) bond motifs is 4. The summed E-state index contributed by atoms with van der Waals surface area (Å²) in [5, 5.41) is 3.42. The molecule has 11 rings (SSSR count). The number of benzene rings is 9. The number of allylic oxidation sites excluding steroid dienone is 1. The number of para-hydroxylation sites is 3. The summed E-state index contributed by atoms with van der Waals surface area (Å²) < 4.78 is 8.73. The van der Waals surface area contributed by atoms with Gasteiger partial charge in [0.15, 0.2) is 0 Å². The van der Waals surface area contributed by atoms with Crippen LogP contribution >= 0.6 is 0 Å². The molecule has 0 radical (unpaired) electrons. The molecule has 64 heavy (non-hydrogen) atoms. The van der Waals surface area contributed by atoms with E-state index >= 15 is 0 Å². The minimum absolute atomic E-state index is 0.904. The van der Waals surface area contributed by atoms with Gasteiger partial charge >= 0.3 is 0 Å². The predicted molar refractivity (Wildman–Crippen MR) is 272 cm³/mol. The fourth-order valence-corrected chi connectivity index (χ4v) is 9.21. The molecule has 0 aliphatic rings. The van der Waals surface area contributed by atoms with Crippen molar-refractivity contribution in [2.24, 2.45) is 0 Å². The molecule has 0 aliphatic carbocycles. The van der Waals surface area contributed by atoms with E-state index in [0.717, 1.165) is 89.1 Å². The van der Waals surface area contributed by atoms with Gasteiger partial charge in [-0.2, -0.15) is 0 Å². The molecule has 304 valence electrons. The number of aromatic nitrogens is 1. The second kappa shape index (κ2) is 16.5. The Kier molecular flexibility index (Phi) is 9.91. The summed E-state index contributed by atoms with van der Waals surface area (Å²) in [5.74, 6) is 0. The van der Waals surface area contributed by atoms with Crippen LogP contribution in [0.25, 0.3) is 95.2 Å². The SMILES string of the molecule is C=Cc1c(/C=C\C)n(-c2ccc(-c3cccc4c3oc3ccccc34)cc2)c2ccc(-c3ccc(N(c4ccccc4)c4ccc(-c5ccc(-c6ccccc6)cc5)cc4)cc3)cc12. The zero-order chi connectivity index (χ0) is 43.0. The van der Waals surface area contributed by atoms with Crippen molar-refractivity contribution in [1.82, 2.24) is 4.57 Å². The summed E-state index contributed by atoms with van der Waals surface area (Å²) >= 11 is 0. The Balaban J connectivity index is 0.907. The topological polar surface area (TPSA) is 21.3 Å². The second-order valence-corrected chi connectivity index (χ2v) is 16.1. The minimum atomic E-state index is 0.904. The molecule has 2 heterocycles. The van der Waals surface area contributed by atoms with Crippen LogP contribution < -0.4 is 4.90 Å². The highest BCUT2D eigenvalue weighted by Crippen LogP contribution is 2.40. The van der Waals surface area contributed by atoms with Gasteiger partial charge in [-0.25, -0.2) is 0 Å². The lowest BCUT2D eigenvalue weighted by Gasteiger charge is -2.26. The van der Waals surface area contributed by atoms with Crippen LogP contribution in [0.2, 0.25) is 0 Å². The number of nitrogens with zero attached hydrogens (tertiary/aromatic N) is 2. The molecule has 3 nitrogen and oxygen atoms in total. The number of rotatable bonds is 10. The Bertz CT molecular complexity index is 3470. The molecule has 11 aromatic rings. The van der Waals surface area contributed by atoms with E-state index in [0.29, 0.717) is 0 Å². The third kappa shape index (κ3) is 6.90. The summed E-state index contributed by atoms with van der Waals surface area (Å²) in [6.45, 7) is 6.36. The molecule has 3 heteroatoms. The normalized spacial score (nSPS) is 11.5. The minimum Gasteiger partial charge on any atom is -0.455 e. The van der Waals surface area contributed by atoms with E-state index in [4.69, 9.17) is 4.42 Å². The highest BCUT2D eigenvalue weighted by molar-refractivity contribution is 6.09. The maximum Gasteiger partial charge on any atom is 0.143 e. The lowest BCUT2D eigenvalue weighted by molar-refractivity contribution is 0.670. The zero-order valence-electron chi connectivity index (χ0n) is 35.5. The maximum atomic E-state index is 6.39. The van der Waals surface area contributed by atoms with Gasteiger partial charge in [0.05, 0.1) is 11.2 Å². The Morgan fingerprint density at radius 2 is 0.969 bits per heavy atom. The summed E-state index contributed by atoms with van der Waals surface area (Å²) in [7, 11) is 0. The molecule has 2 aromatic heterocycles. The van der Waals surface area contributed by atoms with Crippen LogP contribution in [0.1, 0.15) is 18.2 Å². The van der Waals surface area contributed by atoms with Crippen LogP contribution in [0, 0.1) is 0 Å². The maximum absolute atomic E-state index is 6.39. The van der Waals surface area contributed by atoms with Crippen molar-refractivity contribution in [3.63, 3.8) is 0 Å². The van der Waals surface area contributed by atoms with Gasteiger partial charge in [-0.3, -0.25) is 0 Å². The number of anilines is 3. The molecule has 0 unspecified atom stereocenters. The van der Waals surface area contributed by atoms with Gasteiger partial charge in [0.25, 0.3) is 0 Å². The van der Waals surface area contributed by atoms with E-state index in [9.17, 15) is 0 Å². The summed E-state index contributed by atoms with van der Waals surface area (Å²) in [6.07, 6.45) is 6.27. The van der Waals surface area contributed by atoms with Crippen LogP contribution in [-0.4, -0.2) is 4.57 Å². The van der Waals surface area contributed by atoms with Crippen LogP contribution in [0.5, 0.6) is 0 Å². The van der Waals surface area contributed by atoms with Gasteiger partial charge in [0, 0.05) is 50.0 Å². The van der Waals surface area contributed by atoms with Gasteiger partial charge in [0.2, 0.25) is 0 Å². The molecule has 0 saturated heterocycles. The summed E-state index contributed by atoms with van der Waals surface area (Å²) in [5.41, 5.74) is 18.8. The third-order valence-corrected chi connectivity index (χ3v) is 12.3. The van der Waals surface area contributed by atoms with Gasteiger partial charge in [-0.1, -0.05) is 170 Å². The summed E-state index contributed by atoms with van der Waals surface area (Å²) in [4.78, 5) is 2.32. The average molecular weight is 821 g/mol. The first kappa shape index (κ1) is 38.5. The summed E-state index contributed by atoms with van der Waals surface area (Å²) in [6, 6.07) is 77.9. The van der Waals surface area contributed by atoms with Crippen molar-refractivity contribution in [1.29, 1.82) is 0 Å². The molecule has 0 atom stereocenters. The van der Waals surface area contributed by atoms with E-state index in [1.165, 1.54) is 22.3 Å². The van der Waals surface area contributed by atoms with Crippen molar-refractivity contribution in [2.45, 2.75) is 6.92 Å². The number of hydrogen-bond acceptors (Lipinski definition) is 2. The van der Waals surface area contributed by atoms with E-state index in [-0.39, 0.29) is 0 Å². The standard InChI is InChI=1S/C61H44N2O/c1-3-14-58-53(4-2)57-41-48(33-40-59(57)63(58)52-38-31-47(32-39-52)54-20-13-21-56-55-19-11-12-22-60(55)64-61(54)56)46-29-36-51(37-30-46)62(49-17-9-6-10-18-49)50-34-27-45(28-35-50)44-25-23-43(24-26-44)42-15-7-5-8-16-42/h3-41H,2H2,1H3/b14-3-. The smallest absolute Gasteiger partial charge is 0.143 e. The van der Waals surface area contributed by atoms with E-state index in [1.807, 2.05) is 18.2 Å². The van der Waals surface area contributed by atoms with Crippen LogP contribution in [0.4, 0.5) is 17.1 Å². The monoisotopic (exact) mass is 820 g/mol. The Hall–Kier alpha value is -8.40. The van der Waals surface area contributed by atoms with Crippen molar-refractivity contribution >= 4 is 62.1 Å². The Labute approximate surface area is 373 Å². The second-order valence-electron chi connectivity index (χ2n) is 16.1. The molecular formula is C61H44N2O. The molecule has 0 bridgehead atoms. The molecule has 0 fully saturated rings. The number of furan rings is 1. The van der Waals surface area contributed by atoms with Crippen molar-refractivity contribution in [3.8, 4) is 50.2 Å². The third-order valence-electron chi connectivity index (χ3n) is 12.3. The molecule has 0 amide bonds. The lowest BCUT2D eigenvalue weighted by Crippen LogP contribution is -2.09. The Morgan fingerprint density at radius 1 is 0.453 bits per heavy atom. The molecular weight excluding hydrogens is 777 g/mol. The van der Waals surface area contributed by atoms with Crippen LogP contribution in [-0.2, 0) is 0 Å². The molecule has 0 spiro atoms. The highest BCUT2D eigenvalue weighted by atomic mass is 16.3. The van der Waals surface area contributed by atoms with Crippen molar-refractivity contribution in [2.75, 3.05) is 4.90 Å². The van der Waals surface area contributed by atoms with Gasteiger partial charge in [-0.05, 0) is 119 Å². The largest absolute Gasteiger partial charge is 0.455 e. The first-order valence-corrected chi connectivity index (χ1v) is 21.8. The molecule has 0 saturated carbocycles. The van der Waals surface area contributed by atoms with Gasteiger partial charge in [0.1, 0.15) is 11.2 Å². The van der Waals surface area contributed by atoms with E-state index in [2.05, 4.69) is 241 Å². The van der Waals surface area contributed by atoms with Crippen LogP contribution in [0.3, 0.4) is 0 Å².